The van der Waals surface area contributed by atoms with Crippen LogP contribution in [0.15, 0.2) is 36.4 Å². The second kappa shape index (κ2) is 6.84. The minimum Gasteiger partial charge on any atom is -0.370 e. The van der Waals surface area contributed by atoms with Crippen molar-refractivity contribution in [3.05, 3.63) is 69.8 Å². The molecule has 0 N–H and O–H groups in total. The first-order chi connectivity index (χ1) is 14.7. The molecule has 0 amide bonds. The highest BCUT2D eigenvalue weighted by Gasteiger charge is 2.46. The summed E-state index contributed by atoms with van der Waals surface area (Å²) >= 11 is 0. The number of ketones is 2. The van der Waals surface area contributed by atoms with Gasteiger partial charge < -0.3 is 14.2 Å². The van der Waals surface area contributed by atoms with Crippen molar-refractivity contribution in [2.45, 2.75) is 63.1 Å². The summed E-state index contributed by atoms with van der Waals surface area (Å²) in [5.41, 5.74) is 3.96. The van der Waals surface area contributed by atoms with Crippen LogP contribution >= 0.6 is 0 Å². The molecule has 0 aromatic heterocycles. The Morgan fingerprint density at radius 2 is 1.60 bits per heavy atom. The molecular weight excluding hydrogens is 380 g/mol. The molecule has 2 fully saturated rings. The Bertz CT molecular complexity index is 1050. The van der Waals surface area contributed by atoms with Crippen LogP contribution in [0, 0.1) is 0 Å². The van der Waals surface area contributed by atoms with Crippen molar-refractivity contribution in [3.63, 3.8) is 0 Å². The van der Waals surface area contributed by atoms with Crippen molar-refractivity contribution in [3.8, 4) is 0 Å². The van der Waals surface area contributed by atoms with Crippen LogP contribution in [0.1, 0.15) is 75.1 Å². The van der Waals surface area contributed by atoms with Gasteiger partial charge >= 0.3 is 0 Å². The molecule has 1 spiro atoms. The maximum absolute atomic E-state index is 13.3. The average molecular weight is 404 g/mol. The van der Waals surface area contributed by atoms with Gasteiger partial charge in [-0.3, -0.25) is 9.59 Å². The lowest BCUT2D eigenvalue weighted by Gasteiger charge is -2.34. The lowest BCUT2D eigenvalue weighted by molar-refractivity contribution is -0.200. The monoisotopic (exact) mass is 404 g/mol. The third-order valence-electron chi connectivity index (χ3n) is 7.06. The quantitative estimate of drug-likeness (QED) is 0.614. The van der Waals surface area contributed by atoms with E-state index in [0.29, 0.717) is 41.9 Å². The van der Waals surface area contributed by atoms with E-state index in [9.17, 15) is 9.59 Å². The van der Waals surface area contributed by atoms with Gasteiger partial charge in [-0.15, -0.1) is 0 Å². The number of benzene rings is 2. The lowest BCUT2D eigenvalue weighted by atomic mass is 9.78. The number of rotatable bonds is 1. The lowest BCUT2D eigenvalue weighted by Crippen LogP contribution is -2.40. The van der Waals surface area contributed by atoms with Gasteiger partial charge in [-0.05, 0) is 30.0 Å². The van der Waals surface area contributed by atoms with Crippen molar-refractivity contribution in [1.29, 1.82) is 0 Å². The summed E-state index contributed by atoms with van der Waals surface area (Å²) in [7, 11) is 0. The Morgan fingerprint density at radius 1 is 0.833 bits per heavy atom. The number of carbonyl (C=O) groups excluding carboxylic acids is 2. The van der Waals surface area contributed by atoms with E-state index in [1.54, 1.807) is 24.3 Å². The van der Waals surface area contributed by atoms with E-state index in [-0.39, 0.29) is 23.8 Å². The molecule has 0 bridgehead atoms. The maximum Gasteiger partial charge on any atom is 0.194 e. The van der Waals surface area contributed by atoms with Crippen LogP contribution < -0.4 is 0 Å². The van der Waals surface area contributed by atoms with Gasteiger partial charge in [0.1, 0.15) is 6.10 Å². The molecule has 2 heterocycles. The van der Waals surface area contributed by atoms with Crippen LogP contribution in [0.25, 0.3) is 0 Å². The maximum atomic E-state index is 13.3. The third kappa shape index (κ3) is 2.73. The summed E-state index contributed by atoms with van der Waals surface area (Å²) in [4.78, 5) is 26.4. The second-order valence-electron chi connectivity index (χ2n) is 8.82. The van der Waals surface area contributed by atoms with Gasteiger partial charge in [0.25, 0.3) is 0 Å². The van der Waals surface area contributed by atoms with Crippen molar-refractivity contribution in [2.75, 3.05) is 6.61 Å². The van der Waals surface area contributed by atoms with Crippen molar-refractivity contribution in [1.82, 2.24) is 0 Å². The first-order valence-corrected chi connectivity index (χ1v) is 10.9. The smallest absolute Gasteiger partial charge is 0.194 e. The molecule has 6 rings (SSSR count). The highest BCUT2D eigenvalue weighted by Crippen LogP contribution is 2.41. The fourth-order valence-corrected chi connectivity index (χ4v) is 5.48. The van der Waals surface area contributed by atoms with E-state index in [1.165, 1.54) is 6.42 Å². The van der Waals surface area contributed by atoms with Crippen LogP contribution in [0.4, 0.5) is 0 Å². The highest BCUT2D eigenvalue weighted by molar-refractivity contribution is 6.29. The zero-order valence-electron chi connectivity index (χ0n) is 16.8. The molecule has 2 atom stereocenters. The van der Waals surface area contributed by atoms with Crippen LogP contribution in [-0.4, -0.2) is 36.2 Å². The molecule has 30 heavy (non-hydrogen) atoms. The highest BCUT2D eigenvalue weighted by atomic mass is 16.8. The zero-order chi connectivity index (χ0) is 20.3. The fourth-order valence-electron chi connectivity index (χ4n) is 5.48. The minimum absolute atomic E-state index is 0.0648. The SMILES string of the molecule is O=C1c2ccccc2C(=O)c2c1ccc1c2C[C@@H]([C@H]2COC3(CCCCC3)O2)OC1. The van der Waals surface area contributed by atoms with Crippen molar-refractivity contribution >= 4 is 11.6 Å². The molecule has 1 saturated heterocycles. The van der Waals surface area contributed by atoms with Crippen molar-refractivity contribution < 1.29 is 23.8 Å². The number of carbonyl (C=O) groups is 2. The Hall–Kier alpha value is -2.34. The van der Waals surface area contributed by atoms with Gasteiger partial charge in [-0.2, -0.15) is 0 Å². The van der Waals surface area contributed by atoms with Crippen LogP contribution in [0.3, 0.4) is 0 Å². The van der Waals surface area contributed by atoms with Crippen LogP contribution in [-0.2, 0) is 27.2 Å². The first kappa shape index (κ1) is 18.4. The predicted octanol–water partition coefficient (Wildman–Crippen LogP) is 3.98. The molecule has 4 aliphatic rings. The summed E-state index contributed by atoms with van der Waals surface area (Å²) in [6, 6.07) is 10.8. The Labute approximate surface area is 175 Å². The summed E-state index contributed by atoms with van der Waals surface area (Å²) in [5.74, 6) is -0.592. The topological polar surface area (TPSA) is 61.8 Å². The molecule has 0 unspecified atom stereocenters. The van der Waals surface area contributed by atoms with E-state index in [0.717, 1.165) is 36.8 Å². The first-order valence-electron chi connectivity index (χ1n) is 10.9. The van der Waals surface area contributed by atoms with Gasteiger partial charge in [0.15, 0.2) is 17.4 Å². The van der Waals surface area contributed by atoms with E-state index in [4.69, 9.17) is 14.2 Å². The molecule has 5 nitrogen and oxygen atoms in total. The summed E-state index contributed by atoms with van der Waals surface area (Å²) < 4.78 is 18.6. The second-order valence-corrected chi connectivity index (χ2v) is 8.82. The fraction of sp³-hybridized carbons (Fsp3) is 0.440. The zero-order valence-corrected chi connectivity index (χ0v) is 16.8. The molecule has 2 aromatic rings. The molecule has 154 valence electrons. The Morgan fingerprint density at radius 3 is 2.40 bits per heavy atom. The number of ether oxygens (including phenoxy) is 3. The Balaban J connectivity index is 1.33. The minimum atomic E-state index is -0.451. The average Bonchev–Trinajstić information content (AvgIpc) is 3.20. The molecule has 2 aromatic carbocycles. The summed E-state index contributed by atoms with van der Waals surface area (Å²) in [6.45, 7) is 0.938. The van der Waals surface area contributed by atoms with Gasteiger partial charge in [0.2, 0.25) is 0 Å². The summed E-state index contributed by atoms with van der Waals surface area (Å²) in [6.07, 6.45) is 5.60. The predicted molar refractivity (Wildman–Crippen MR) is 109 cm³/mol. The summed E-state index contributed by atoms with van der Waals surface area (Å²) in [5, 5.41) is 0. The molecular formula is C25H24O5. The van der Waals surface area contributed by atoms with Gasteiger partial charge in [0, 0.05) is 41.5 Å². The standard InChI is InChI=1S/C25H24O5/c26-23-16-6-2-3-7-17(16)24(27)22-18(23)9-8-15-13-28-20(12-19(15)22)21-14-29-25(30-21)10-4-1-5-11-25/h2-3,6-9,20-21H,1,4-5,10-14H2/t20-,21+/m0/s1. The van der Waals surface area contributed by atoms with E-state index in [1.807, 2.05) is 12.1 Å². The van der Waals surface area contributed by atoms with E-state index < -0.39 is 5.79 Å². The van der Waals surface area contributed by atoms with Crippen molar-refractivity contribution in [2.24, 2.45) is 0 Å². The van der Waals surface area contributed by atoms with Gasteiger partial charge in [-0.25, -0.2) is 0 Å². The van der Waals surface area contributed by atoms with E-state index in [2.05, 4.69) is 0 Å². The molecule has 2 aliphatic heterocycles. The molecule has 5 heteroatoms. The number of hydrogen-bond donors (Lipinski definition) is 0. The molecule has 1 saturated carbocycles. The molecule has 0 radical (unpaired) electrons. The Kier molecular flexibility index (Phi) is 4.20. The number of hydrogen-bond acceptors (Lipinski definition) is 5. The van der Waals surface area contributed by atoms with Gasteiger partial charge in [0.05, 0.1) is 19.3 Å². The largest absolute Gasteiger partial charge is 0.370 e. The van der Waals surface area contributed by atoms with E-state index >= 15 is 0 Å². The number of fused-ring (bicyclic) bond motifs is 4. The van der Waals surface area contributed by atoms with Gasteiger partial charge in [-0.1, -0.05) is 36.8 Å². The third-order valence-corrected chi connectivity index (χ3v) is 7.06. The molecule has 2 aliphatic carbocycles. The van der Waals surface area contributed by atoms with Crippen LogP contribution in [0.2, 0.25) is 0 Å². The van der Waals surface area contributed by atoms with Crippen LogP contribution in [0.5, 0.6) is 0 Å². The normalized spacial score (nSPS) is 26.9.